The van der Waals surface area contributed by atoms with Crippen molar-refractivity contribution in [3.05, 3.63) is 188 Å². The van der Waals surface area contributed by atoms with Crippen LogP contribution in [0.3, 0.4) is 0 Å². The van der Waals surface area contributed by atoms with Crippen LogP contribution in [0.15, 0.2) is 182 Å². The topological polar surface area (TPSA) is 46.5 Å². The van der Waals surface area contributed by atoms with Crippen LogP contribution in [-0.2, 0) is 0 Å². The fourth-order valence-electron chi connectivity index (χ4n) is 7.87. The van der Waals surface area contributed by atoms with Crippen molar-refractivity contribution in [1.82, 2.24) is 14.1 Å². The van der Waals surface area contributed by atoms with Gasteiger partial charge in [-0.15, -0.1) is 0 Å². The number of nitrogens with zero attached hydrogens (tertiary/aromatic N) is 4. The zero-order valence-corrected chi connectivity index (χ0v) is 28.1. The molecule has 0 saturated heterocycles. The molecule has 0 radical (unpaired) electrons. The highest BCUT2D eigenvalue weighted by molar-refractivity contribution is 6.12. The van der Waals surface area contributed by atoms with E-state index in [9.17, 15) is 5.26 Å². The molecule has 0 aliphatic rings. The van der Waals surface area contributed by atoms with Crippen LogP contribution in [-0.4, -0.2) is 14.1 Å². The number of aromatic nitrogens is 3. The van der Waals surface area contributed by atoms with Gasteiger partial charge in [-0.1, -0.05) is 127 Å². The van der Waals surface area contributed by atoms with E-state index in [2.05, 4.69) is 172 Å². The maximum atomic E-state index is 10.8. The van der Waals surface area contributed by atoms with E-state index in [1.165, 1.54) is 10.8 Å². The predicted octanol–water partition coefficient (Wildman–Crippen LogP) is 12.1. The van der Waals surface area contributed by atoms with Crippen LogP contribution in [0.2, 0.25) is 0 Å². The van der Waals surface area contributed by atoms with Gasteiger partial charge in [0.2, 0.25) is 0 Å². The summed E-state index contributed by atoms with van der Waals surface area (Å²) >= 11 is 0. The second kappa shape index (κ2) is 12.0. The minimum atomic E-state index is 0.586. The van der Waals surface area contributed by atoms with Crippen molar-refractivity contribution in [2.75, 3.05) is 0 Å². The molecule has 0 unspecified atom stereocenters. The van der Waals surface area contributed by atoms with E-state index >= 15 is 0 Å². The highest BCUT2D eigenvalue weighted by Gasteiger charge is 2.23. The summed E-state index contributed by atoms with van der Waals surface area (Å²) in [7, 11) is 0. The Morgan fingerprint density at radius 1 is 0.404 bits per heavy atom. The zero-order chi connectivity index (χ0) is 34.6. The van der Waals surface area contributed by atoms with Gasteiger partial charge in [0.15, 0.2) is 0 Å². The van der Waals surface area contributed by atoms with E-state index in [-0.39, 0.29) is 0 Å². The molecule has 0 amide bonds. The normalized spacial score (nSPS) is 11.4. The van der Waals surface area contributed by atoms with Gasteiger partial charge < -0.3 is 9.13 Å². The summed E-state index contributed by atoms with van der Waals surface area (Å²) in [5, 5.41) is 15.4. The van der Waals surface area contributed by atoms with Crippen LogP contribution in [0, 0.1) is 11.3 Å². The van der Waals surface area contributed by atoms with Gasteiger partial charge in [-0.25, -0.2) is 0 Å². The van der Waals surface area contributed by atoms with E-state index < -0.39 is 0 Å². The molecular weight excluding hydrogens is 633 g/mol. The third-order valence-electron chi connectivity index (χ3n) is 10.3. The molecule has 7 aromatic carbocycles. The highest BCUT2D eigenvalue weighted by atomic mass is 15.1. The molecule has 10 aromatic rings. The molecule has 0 aliphatic carbocycles. The molecule has 4 nitrogen and oxygen atoms in total. The Morgan fingerprint density at radius 2 is 0.885 bits per heavy atom. The summed E-state index contributed by atoms with van der Waals surface area (Å²) in [5.74, 6) is 0. The Balaban J connectivity index is 1.37. The maximum absolute atomic E-state index is 10.8. The number of nitriles is 1. The first-order valence-corrected chi connectivity index (χ1v) is 17.4. The Hall–Kier alpha value is -7.22. The van der Waals surface area contributed by atoms with Gasteiger partial charge in [-0.3, -0.25) is 4.98 Å². The van der Waals surface area contributed by atoms with E-state index in [4.69, 9.17) is 0 Å². The summed E-state index contributed by atoms with van der Waals surface area (Å²) in [6.45, 7) is 0. The molecule has 0 spiro atoms. The lowest BCUT2D eigenvalue weighted by Crippen LogP contribution is -2.05. The fraction of sp³-hybridized carbons (Fsp3) is 0. The fourth-order valence-corrected chi connectivity index (χ4v) is 7.87. The van der Waals surface area contributed by atoms with Gasteiger partial charge in [0.25, 0.3) is 0 Å². The molecule has 10 rings (SSSR count). The lowest BCUT2D eigenvalue weighted by molar-refractivity contribution is 1.09. The molecule has 0 fully saturated rings. The number of fused-ring (bicyclic) bond motifs is 6. The van der Waals surface area contributed by atoms with Gasteiger partial charge in [0.1, 0.15) is 0 Å². The number of benzene rings is 7. The molecule has 0 saturated carbocycles. The van der Waals surface area contributed by atoms with Gasteiger partial charge in [-0.2, -0.15) is 5.26 Å². The van der Waals surface area contributed by atoms with E-state index in [0.29, 0.717) is 5.56 Å². The monoisotopic (exact) mass is 662 g/mol. The molecule has 52 heavy (non-hydrogen) atoms. The molecular formula is C48H30N4. The summed E-state index contributed by atoms with van der Waals surface area (Å²) in [6, 6.07) is 62.5. The quantitative estimate of drug-likeness (QED) is 0.184. The first-order chi connectivity index (χ1) is 25.8. The van der Waals surface area contributed by atoms with Crippen LogP contribution < -0.4 is 0 Å². The summed E-state index contributed by atoms with van der Waals surface area (Å²) < 4.78 is 4.73. The smallest absolute Gasteiger partial charge is 0.0999 e. The number of hydrogen-bond acceptors (Lipinski definition) is 2. The minimum Gasteiger partial charge on any atom is -0.307 e. The van der Waals surface area contributed by atoms with Crippen molar-refractivity contribution in [2.45, 2.75) is 0 Å². The van der Waals surface area contributed by atoms with Crippen molar-refractivity contribution in [3.8, 4) is 50.8 Å². The maximum Gasteiger partial charge on any atom is 0.0999 e. The Morgan fingerprint density at radius 3 is 1.40 bits per heavy atom. The first-order valence-electron chi connectivity index (χ1n) is 17.4. The molecule has 0 aliphatic heterocycles. The third kappa shape index (κ3) is 4.65. The Bertz CT molecular complexity index is 3000. The van der Waals surface area contributed by atoms with Gasteiger partial charge >= 0.3 is 0 Å². The summed E-state index contributed by atoms with van der Waals surface area (Å²) in [5.41, 5.74) is 13.2. The van der Waals surface area contributed by atoms with Crippen LogP contribution in [0.1, 0.15) is 5.56 Å². The first kappa shape index (κ1) is 29.7. The van der Waals surface area contributed by atoms with Crippen LogP contribution in [0.5, 0.6) is 0 Å². The van der Waals surface area contributed by atoms with Crippen molar-refractivity contribution in [2.24, 2.45) is 0 Å². The van der Waals surface area contributed by atoms with Gasteiger partial charge in [0, 0.05) is 45.1 Å². The second-order valence-electron chi connectivity index (χ2n) is 13.1. The lowest BCUT2D eigenvalue weighted by atomic mass is 9.99. The third-order valence-corrected chi connectivity index (χ3v) is 10.3. The van der Waals surface area contributed by atoms with Gasteiger partial charge in [-0.05, 0) is 64.7 Å². The van der Waals surface area contributed by atoms with Crippen LogP contribution in [0.25, 0.3) is 88.4 Å². The summed E-state index contributed by atoms with van der Waals surface area (Å²) in [6.07, 6.45) is 3.61. The zero-order valence-electron chi connectivity index (χ0n) is 28.1. The van der Waals surface area contributed by atoms with Crippen molar-refractivity contribution in [3.63, 3.8) is 0 Å². The molecule has 0 atom stereocenters. The molecule has 4 heteroatoms. The number of para-hydroxylation sites is 2. The van der Waals surface area contributed by atoms with E-state index in [1.54, 1.807) is 6.20 Å². The molecule has 3 heterocycles. The predicted molar refractivity (Wildman–Crippen MR) is 214 cm³/mol. The molecule has 3 aromatic heterocycles. The average molecular weight is 663 g/mol. The number of hydrogen-bond donors (Lipinski definition) is 0. The summed E-state index contributed by atoms with van der Waals surface area (Å²) in [4.78, 5) is 4.45. The van der Waals surface area contributed by atoms with E-state index in [0.717, 1.165) is 77.6 Å². The minimum absolute atomic E-state index is 0.586. The van der Waals surface area contributed by atoms with E-state index in [1.807, 2.05) is 24.4 Å². The van der Waals surface area contributed by atoms with Crippen molar-refractivity contribution in [1.29, 1.82) is 5.26 Å². The van der Waals surface area contributed by atoms with Gasteiger partial charge in [0.05, 0.1) is 45.1 Å². The van der Waals surface area contributed by atoms with Crippen molar-refractivity contribution >= 4 is 43.6 Å². The molecule has 0 bridgehead atoms. The standard InChI is InChI=1S/C48H30N4/c49-30-37-28-47(51-43-19-9-7-17-38(43)40-23-21-34(26-45(40)51)32-12-3-1-4-13-32)48(29-42(37)36-16-11-25-50-31-36)52-44-20-10-8-18-39(44)41-24-22-35(27-46(41)52)33-14-5-2-6-15-33/h1-29,31H. The van der Waals surface area contributed by atoms with Crippen LogP contribution >= 0.6 is 0 Å². The Labute approximate surface area is 300 Å². The van der Waals surface area contributed by atoms with Crippen molar-refractivity contribution < 1.29 is 0 Å². The highest BCUT2D eigenvalue weighted by Crippen LogP contribution is 2.42. The SMILES string of the molecule is N#Cc1cc(-n2c3ccccc3c3ccc(-c4ccccc4)cc32)c(-n2c3ccccc3c3ccc(-c4ccccc4)cc32)cc1-c1cccnc1. The van der Waals surface area contributed by atoms with Crippen LogP contribution in [0.4, 0.5) is 0 Å². The molecule has 0 N–H and O–H groups in total. The average Bonchev–Trinajstić information content (AvgIpc) is 3.73. The number of rotatable bonds is 5. The largest absolute Gasteiger partial charge is 0.307 e. The Kier molecular flexibility index (Phi) is 6.84. The number of pyridine rings is 1. The lowest BCUT2D eigenvalue weighted by Gasteiger charge is -2.20. The second-order valence-corrected chi connectivity index (χ2v) is 13.1. The molecule has 242 valence electrons.